The summed E-state index contributed by atoms with van der Waals surface area (Å²) in [5.41, 5.74) is 0. The lowest BCUT2D eigenvalue weighted by molar-refractivity contribution is -0.122. The third kappa shape index (κ3) is 3.20. The van der Waals surface area contributed by atoms with Crippen LogP contribution in [0.3, 0.4) is 0 Å². The second kappa shape index (κ2) is 4.79. The van der Waals surface area contributed by atoms with Crippen LogP contribution >= 0.6 is 0 Å². The van der Waals surface area contributed by atoms with E-state index in [1.54, 1.807) is 23.3 Å². The van der Waals surface area contributed by atoms with Crippen molar-refractivity contribution in [1.82, 2.24) is 14.9 Å². The van der Waals surface area contributed by atoms with Gasteiger partial charge in [0.25, 0.3) is 0 Å². The van der Waals surface area contributed by atoms with Crippen LogP contribution in [-0.4, -0.2) is 21.5 Å². The molecule has 0 aromatic carbocycles. The summed E-state index contributed by atoms with van der Waals surface area (Å²) in [7, 11) is 0. The molecule has 0 bridgehead atoms. The van der Waals surface area contributed by atoms with E-state index in [1.807, 2.05) is 6.92 Å². The van der Waals surface area contributed by atoms with E-state index in [1.165, 1.54) is 0 Å². The number of aromatic nitrogens is 2. The van der Waals surface area contributed by atoms with E-state index < -0.39 is 0 Å². The molecule has 0 spiro atoms. The molecule has 0 saturated heterocycles. The van der Waals surface area contributed by atoms with Crippen LogP contribution in [0.5, 0.6) is 0 Å². The molecule has 1 aromatic heterocycles. The highest BCUT2D eigenvalue weighted by Crippen LogP contribution is 1.99. The van der Waals surface area contributed by atoms with Crippen molar-refractivity contribution in [3.05, 3.63) is 18.7 Å². The molecule has 1 aromatic rings. The lowest BCUT2D eigenvalue weighted by Gasteiger charge is -2.17. The van der Waals surface area contributed by atoms with Gasteiger partial charge in [0.2, 0.25) is 5.91 Å². The first kappa shape index (κ1) is 10.8. The number of imidazole rings is 1. The van der Waals surface area contributed by atoms with E-state index >= 15 is 0 Å². The quantitative estimate of drug-likeness (QED) is 0.780. The highest BCUT2D eigenvalue weighted by Gasteiger charge is 2.10. The van der Waals surface area contributed by atoms with Crippen molar-refractivity contribution in [1.29, 1.82) is 0 Å². The van der Waals surface area contributed by atoms with Gasteiger partial charge in [-0.25, -0.2) is 4.98 Å². The first-order valence-electron chi connectivity index (χ1n) is 4.84. The Morgan fingerprint density at radius 2 is 2.21 bits per heavy atom. The Kier molecular flexibility index (Phi) is 3.68. The van der Waals surface area contributed by atoms with Gasteiger partial charge in [-0.05, 0) is 12.8 Å². The predicted molar refractivity (Wildman–Crippen MR) is 54.7 cm³/mol. The van der Waals surface area contributed by atoms with E-state index in [-0.39, 0.29) is 11.9 Å². The molecule has 1 atom stereocenters. The Bertz CT molecular complexity index is 280. The molecular weight excluding hydrogens is 178 g/mol. The van der Waals surface area contributed by atoms with Crippen LogP contribution in [0.25, 0.3) is 0 Å². The summed E-state index contributed by atoms with van der Waals surface area (Å²) in [6, 6.07) is 0.214. The Balaban J connectivity index is 2.36. The van der Waals surface area contributed by atoms with Crippen molar-refractivity contribution in [2.24, 2.45) is 5.92 Å². The fourth-order valence-electron chi connectivity index (χ4n) is 1.01. The van der Waals surface area contributed by atoms with Gasteiger partial charge in [0, 0.05) is 18.4 Å². The molecule has 0 saturated carbocycles. The summed E-state index contributed by atoms with van der Waals surface area (Å²) >= 11 is 0. The first-order valence-corrected chi connectivity index (χ1v) is 4.84. The minimum atomic E-state index is 0.0317. The number of nitrogens with one attached hydrogen (secondary N) is 1. The lowest BCUT2D eigenvalue weighted by Crippen LogP contribution is -2.37. The number of carbonyl (C=O) groups excluding carboxylic acids is 1. The molecule has 4 heteroatoms. The smallest absolute Gasteiger partial charge is 0.240 e. The van der Waals surface area contributed by atoms with Crippen molar-refractivity contribution < 1.29 is 4.79 Å². The second-order valence-corrected chi connectivity index (χ2v) is 3.84. The maximum atomic E-state index is 11.5. The molecule has 4 nitrogen and oxygen atoms in total. The summed E-state index contributed by atoms with van der Waals surface area (Å²) in [5, 5.41) is 2.93. The zero-order chi connectivity index (χ0) is 10.6. The average molecular weight is 195 g/mol. The van der Waals surface area contributed by atoms with Crippen molar-refractivity contribution in [3.63, 3.8) is 0 Å². The van der Waals surface area contributed by atoms with Gasteiger partial charge in [-0.2, -0.15) is 0 Å². The molecule has 1 N–H and O–H groups in total. The minimum Gasteiger partial charge on any atom is -0.352 e. The maximum Gasteiger partial charge on any atom is 0.240 e. The predicted octanol–water partition coefficient (Wildman–Crippen LogP) is 1.04. The van der Waals surface area contributed by atoms with Gasteiger partial charge in [-0.15, -0.1) is 0 Å². The van der Waals surface area contributed by atoms with Crippen LogP contribution in [0.4, 0.5) is 0 Å². The number of nitrogens with zero attached hydrogens (tertiary/aromatic N) is 2. The molecule has 0 aliphatic carbocycles. The van der Waals surface area contributed by atoms with Crippen LogP contribution in [0.15, 0.2) is 18.7 Å². The minimum absolute atomic E-state index is 0.0317. The normalized spacial score (nSPS) is 12.9. The van der Waals surface area contributed by atoms with Crippen molar-refractivity contribution in [3.8, 4) is 0 Å². The molecule has 1 unspecified atom stereocenters. The van der Waals surface area contributed by atoms with Crippen LogP contribution in [0.1, 0.15) is 20.8 Å². The van der Waals surface area contributed by atoms with Crippen LogP contribution in [0, 0.1) is 5.92 Å². The van der Waals surface area contributed by atoms with E-state index in [9.17, 15) is 4.79 Å². The van der Waals surface area contributed by atoms with Gasteiger partial charge < -0.3 is 9.88 Å². The number of rotatable bonds is 4. The monoisotopic (exact) mass is 195 g/mol. The molecule has 0 aliphatic heterocycles. The fourth-order valence-corrected chi connectivity index (χ4v) is 1.01. The van der Waals surface area contributed by atoms with Gasteiger partial charge in [0.15, 0.2) is 0 Å². The van der Waals surface area contributed by atoms with E-state index in [0.29, 0.717) is 12.5 Å². The maximum absolute atomic E-state index is 11.5. The standard InChI is InChI=1S/C10H17N3O/c1-8(2)9(3)12-10(14)6-13-5-4-11-7-13/h4-5,7-9H,6H2,1-3H3,(H,12,14). The topological polar surface area (TPSA) is 46.9 Å². The number of carbonyl (C=O) groups is 1. The fraction of sp³-hybridized carbons (Fsp3) is 0.600. The molecule has 0 aliphatic rings. The van der Waals surface area contributed by atoms with Crippen molar-refractivity contribution in [2.45, 2.75) is 33.4 Å². The third-order valence-corrected chi connectivity index (χ3v) is 2.27. The highest BCUT2D eigenvalue weighted by molar-refractivity contribution is 5.75. The Morgan fingerprint density at radius 1 is 1.50 bits per heavy atom. The molecule has 0 fully saturated rings. The Hall–Kier alpha value is -1.32. The molecule has 0 radical (unpaired) electrons. The molecule has 1 rings (SSSR count). The summed E-state index contributed by atoms with van der Waals surface area (Å²) in [5.74, 6) is 0.492. The van der Waals surface area contributed by atoms with Gasteiger partial charge >= 0.3 is 0 Å². The zero-order valence-corrected chi connectivity index (χ0v) is 8.90. The average Bonchev–Trinajstić information content (AvgIpc) is 2.56. The molecular formula is C10H17N3O. The Labute approximate surface area is 84.3 Å². The van der Waals surface area contributed by atoms with Gasteiger partial charge in [0.1, 0.15) is 6.54 Å². The van der Waals surface area contributed by atoms with Crippen LogP contribution in [0.2, 0.25) is 0 Å². The van der Waals surface area contributed by atoms with Crippen LogP contribution < -0.4 is 5.32 Å². The van der Waals surface area contributed by atoms with E-state index in [2.05, 4.69) is 24.1 Å². The Morgan fingerprint density at radius 3 is 2.71 bits per heavy atom. The first-order chi connectivity index (χ1) is 6.59. The summed E-state index contributed by atoms with van der Waals surface area (Å²) in [6.45, 7) is 6.53. The number of amides is 1. The van der Waals surface area contributed by atoms with E-state index in [4.69, 9.17) is 0 Å². The molecule has 14 heavy (non-hydrogen) atoms. The van der Waals surface area contributed by atoms with Gasteiger partial charge in [-0.3, -0.25) is 4.79 Å². The molecule has 1 heterocycles. The summed E-state index contributed by atoms with van der Waals surface area (Å²) in [6.07, 6.45) is 5.08. The SMILES string of the molecule is CC(C)C(C)NC(=O)Cn1ccnc1. The number of hydrogen-bond acceptors (Lipinski definition) is 2. The largest absolute Gasteiger partial charge is 0.352 e. The van der Waals surface area contributed by atoms with Gasteiger partial charge in [-0.1, -0.05) is 13.8 Å². The summed E-state index contributed by atoms with van der Waals surface area (Å²) in [4.78, 5) is 15.3. The molecule has 78 valence electrons. The van der Waals surface area contributed by atoms with E-state index in [0.717, 1.165) is 0 Å². The lowest BCUT2D eigenvalue weighted by atomic mass is 10.1. The van der Waals surface area contributed by atoms with Gasteiger partial charge in [0.05, 0.1) is 6.33 Å². The highest BCUT2D eigenvalue weighted by atomic mass is 16.2. The zero-order valence-electron chi connectivity index (χ0n) is 8.90. The van der Waals surface area contributed by atoms with Crippen molar-refractivity contribution in [2.75, 3.05) is 0 Å². The van der Waals surface area contributed by atoms with Crippen LogP contribution in [-0.2, 0) is 11.3 Å². The number of hydrogen-bond donors (Lipinski definition) is 1. The van der Waals surface area contributed by atoms with Crippen molar-refractivity contribution >= 4 is 5.91 Å². The molecule has 1 amide bonds. The third-order valence-electron chi connectivity index (χ3n) is 2.27. The second-order valence-electron chi connectivity index (χ2n) is 3.84. The summed E-state index contributed by atoms with van der Waals surface area (Å²) < 4.78 is 1.75.